The van der Waals surface area contributed by atoms with Crippen molar-refractivity contribution >= 4 is 27.5 Å². The average molecular weight is 371 g/mol. The maximum Gasteiger partial charge on any atom is 0.162 e. The smallest absolute Gasteiger partial charge is 0.162 e. The molecular formula is C16H17BrClNO2. The summed E-state index contributed by atoms with van der Waals surface area (Å²) in [6, 6.07) is 11.4. The maximum absolute atomic E-state index is 6.30. The molecule has 0 aliphatic heterocycles. The quantitative estimate of drug-likeness (QED) is 0.850. The second-order valence-corrected chi connectivity index (χ2v) is 5.99. The summed E-state index contributed by atoms with van der Waals surface area (Å²) >= 11 is 9.72. The van der Waals surface area contributed by atoms with E-state index in [0.29, 0.717) is 22.9 Å². The molecule has 0 radical (unpaired) electrons. The second kappa shape index (κ2) is 7.16. The standard InChI is InChI=1S/C16H17BrClNO2/c1-20-15-8-12(13(18)9-16(15)21-2)14(19)7-10-3-5-11(17)6-4-10/h3-6,8-9,14H,7,19H2,1-2H3. The first kappa shape index (κ1) is 16.1. The lowest BCUT2D eigenvalue weighted by molar-refractivity contribution is 0.354. The number of benzene rings is 2. The van der Waals surface area contributed by atoms with Crippen molar-refractivity contribution in [1.29, 1.82) is 0 Å². The van der Waals surface area contributed by atoms with Gasteiger partial charge in [-0.05, 0) is 35.7 Å². The van der Waals surface area contributed by atoms with Crippen LogP contribution in [-0.2, 0) is 6.42 Å². The molecule has 3 nitrogen and oxygen atoms in total. The molecule has 2 aromatic carbocycles. The molecule has 0 aromatic heterocycles. The Hall–Kier alpha value is -1.23. The summed E-state index contributed by atoms with van der Waals surface area (Å²) in [5, 5.41) is 0.581. The fourth-order valence-corrected chi connectivity index (χ4v) is 2.70. The Morgan fingerprint density at radius 3 is 2.24 bits per heavy atom. The van der Waals surface area contributed by atoms with Crippen molar-refractivity contribution in [2.45, 2.75) is 12.5 Å². The van der Waals surface area contributed by atoms with Crippen molar-refractivity contribution in [3.8, 4) is 11.5 Å². The molecule has 112 valence electrons. The van der Waals surface area contributed by atoms with Crippen molar-refractivity contribution in [2.24, 2.45) is 5.73 Å². The molecule has 1 unspecified atom stereocenters. The molecule has 0 fully saturated rings. The molecular weight excluding hydrogens is 354 g/mol. The molecule has 0 amide bonds. The van der Waals surface area contributed by atoms with E-state index in [2.05, 4.69) is 15.9 Å². The summed E-state index contributed by atoms with van der Waals surface area (Å²) in [4.78, 5) is 0. The van der Waals surface area contributed by atoms with Crippen LogP contribution < -0.4 is 15.2 Å². The first-order valence-electron chi connectivity index (χ1n) is 6.46. The summed E-state index contributed by atoms with van der Waals surface area (Å²) in [5.74, 6) is 1.23. The van der Waals surface area contributed by atoms with E-state index in [1.165, 1.54) is 0 Å². The predicted octanol–water partition coefficient (Wildman–Crippen LogP) is 4.36. The maximum atomic E-state index is 6.30. The van der Waals surface area contributed by atoms with Crippen LogP contribution >= 0.6 is 27.5 Å². The highest BCUT2D eigenvalue weighted by molar-refractivity contribution is 9.10. The van der Waals surface area contributed by atoms with Crippen LogP contribution in [0.4, 0.5) is 0 Å². The van der Waals surface area contributed by atoms with Crippen molar-refractivity contribution in [3.05, 3.63) is 57.0 Å². The molecule has 2 N–H and O–H groups in total. The number of methoxy groups -OCH3 is 2. The third kappa shape index (κ3) is 3.90. The summed E-state index contributed by atoms with van der Waals surface area (Å²) in [7, 11) is 3.17. The summed E-state index contributed by atoms with van der Waals surface area (Å²) in [5.41, 5.74) is 8.28. The van der Waals surface area contributed by atoms with Gasteiger partial charge in [0.1, 0.15) is 0 Å². The zero-order valence-electron chi connectivity index (χ0n) is 11.9. The molecule has 0 heterocycles. The van der Waals surface area contributed by atoms with Crippen molar-refractivity contribution < 1.29 is 9.47 Å². The highest BCUT2D eigenvalue weighted by Gasteiger charge is 2.16. The van der Waals surface area contributed by atoms with E-state index in [0.717, 1.165) is 15.6 Å². The van der Waals surface area contributed by atoms with Gasteiger partial charge in [0.2, 0.25) is 0 Å². The predicted molar refractivity (Wildman–Crippen MR) is 89.3 cm³/mol. The zero-order chi connectivity index (χ0) is 15.4. The highest BCUT2D eigenvalue weighted by atomic mass is 79.9. The lowest BCUT2D eigenvalue weighted by atomic mass is 9.99. The van der Waals surface area contributed by atoms with Gasteiger partial charge in [-0.15, -0.1) is 0 Å². The molecule has 0 spiro atoms. The monoisotopic (exact) mass is 369 g/mol. The topological polar surface area (TPSA) is 44.5 Å². The highest BCUT2D eigenvalue weighted by Crippen LogP contribution is 2.36. The zero-order valence-corrected chi connectivity index (χ0v) is 14.2. The number of halogens is 2. The Labute approximate surface area is 138 Å². The van der Waals surface area contributed by atoms with E-state index in [9.17, 15) is 0 Å². The van der Waals surface area contributed by atoms with E-state index < -0.39 is 0 Å². The number of nitrogens with two attached hydrogens (primary N) is 1. The molecule has 5 heteroatoms. The van der Waals surface area contributed by atoms with Crippen LogP contribution in [0.1, 0.15) is 17.2 Å². The summed E-state index contributed by atoms with van der Waals surface area (Å²) in [6.45, 7) is 0. The SMILES string of the molecule is COc1cc(Cl)c(C(N)Cc2ccc(Br)cc2)cc1OC. The number of ether oxygens (including phenoxy) is 2. The van der Waals surface area contributed by atoms with Gasteiger partial charge >= 0.3 is 0 Å². The van der Waals surface area contributed by atoms with E-state index in [1.807, 2.05) is 30.3 Å². The van der Waals surface area contributed by atoms with Crippen molar-refractivity contribution in [2.75, 3.05) is 14.2 Å². The van der Waals surface area contributed by atoms with Gasteiger partial charge in [0.15, 0.2) is 11.5 Å². The van der Waals surface area contributed by atoms with Gasteiger partial charge in [0.25, 0.3) is 0 Å². The summed E-state index contributed by atoms with van der Waals surface area (Å²) in [6.07, 6.45) is 0.697. The first-order chi connectivity index (χ1) is 10.0. The lowest BCUT2D eigenvalue weighted by Gasteiger charge is -2.17. The van der Waals surface area contributed by atoms with Crippen molar-refractivity contribution in [1.82, 2.24) is 0 Å². The second-order valence-electron chi connectivity index (χ2n) is 4.67. The van der Waals surface area contributed by atoms with Gasteiger partial charge in [0.05, 0.1) is 14.2 Å². The molecule has 0 saturated carbocycles. The van der Waals surface area contributed by atoms with Crippen LogP contribution in [0.2, 0.25) is 5.02 Å². The molecule has 0 aliphatic carbocycles. The average Bonchev–Trinajstić information content (AvgIpc) is 2.49. The van der Waals surface area contributed by atoms with Gasteiger partial charge in [-0.2, -0.15) is 0 Å². The van der Waals surface area contributed by atoms with Crippen LogP contribution in [0.5, 0.6) is 11.5 Å². The minimum Gasteiger partial charge on any atom is -0.493 e. The fourth-order valence-electron chi connectivity index (χ4n) is 2.14. The normalized spacial score (nSPS) is 12.0. The van der Waals surface area contributed by atoms with E-state index in [-0.39, 0.29) is 6.04 Å². The minimum atomic E-state index is -0.210. The molecule has 0 saturated heterocycles. The van der Waals surface area contributed by atoms with Crippen LogP contribution in [0.25, 0.3) is 0 Å². The largest absolute Gasteiger partial charge is 0.493 e. The lowest BCUT2D eigenvalue weighted by Crippen LogP contribution is -2.14. The van der Waals surface area contributed by atoms with Gasteiger partial charge in [-0.25, -0.2) is 0 Å². The van der Waals surface area contributed by atoms with Crippen LogP contribution in [-0.4, -0.2) is 14.2 Å². The summed E-state index contributed by atoms with van der Waals surface area (Å²) < 4.78 is 11.6. The third-order valence-electron chi connectivity index (χ3n) is 3.27. The minimum absolute atomic E-state index is 0.210. The number of hydrogen-bond acceptors (Lipinski definition) is 3. The van der Waals surface area contributed by atoms with Crippen LogP contribution in [0.3, 0.4) is 0 Å². The van der Waals surface area contributed by atoms with E-state index in [1.54, 1.807) is 20.3 Å². The van der Waals surface area contributed by atoms with Crippen LogP contribution in [0.15, 0.2) is 40.9 Å². The Balaban J connectivity index is 2.26. The Kier molecular flexibility index (Phi) is 5.51. The molecule has 2 rings (SSSR count). The molecule has 2 aromatic rings. The Morgan fingerprint density at radius 1 is 1.10 bits per heavy atom. The van der Waals surface area contributed by atoms with E-state index >= 15 is 0 Å². The van der Waals surface area contributed by atoms with Gasteiger partial charge in [0, 0.05) is 21.6 Å². The molecule has 0 bridgehead atoms. The number of rotatable bonds is 5. The molecule has 21 heavy (non-hydrogen) atoms. The Bertz CT molecular complexity index is 616. The Morgan fingerprint density at radius 2 is 1.67 bits per heavy atom. The fraction of sp³-hybridized carbons (Fsp3) is 0.250. The van der Waals surface area contributed by atoms with Gasteiger partial charge < -0.3 is 15.2 Å². The van der Waals surface area contributed by atoms with E-state index in [4.69, 9.17) is 26.8 Å². The molecule has 1 atom stereocenters. The third-order valence-corrected chi connectivity index (χ3v) is 4.13. The van der Waals surface area contributed by atoms with Gasteiger partial charge in [-0.1, -0.05) is 39.7 Å². The van der Waals surface area contributed by atoms with Crippen molar-refractivity contribution in [3.63, 3.8) is 0 Å². The molecule has 0 aliphatic rings. The van der Waals surface area contributed by atoms with Crippen LogP contribution in [0, 0.1) is 0 Å². The van der Waals surface area contributed by atoms with Gasteiger partial charge in [-0.3, -0.25) is 0 Å². The number of hydrogen-bond donors (Lipinski definition) is 1. The first-order valence-corrected chi connectivity index (χ1v) is 7.63.